The van der Waals surface area contributed by atoms with Crippen LogP contribution in [-0.2, 0) is 11.3 Å². The van der Waals surface area contributed by atoms with Gasteiger partial charge in [0.1, 0.15) is 0 Å². The van der Waals surface area contributed by atoms with Gasteiger partial charge in [0, 0.05) is 17.2 Å². The van der Waals surface area contributed by atoms with Crippen molar-refractivity contribution in [3.63, 3.8) is 0 Å². The topological polar surface area (TPSA) is 56.8 Å². The summed E-state index contributed by atoms with van der Waals surface area (Å²) in [5.41, 5.74) is 2.83. The highest BCUT2D eigenvalue weighted by Gasteiger charge is 2.25. The Morgan fingerprint density at radius 3 is 2.95 bits per heavy atom. The van der Waals surface area contributed by atoms with E-state index in [1.54, 1.807) is 0 Å². The van der Waals surface area contributed by atoms with Crippen molar-refractivity contribution in [1.82, 2.24) is 4.72 Å². The Labute approximate surface area is 124 Å². The summed E-state index contributed by atoms with van der Waals surface area (Å²) in [6.45, 7) is 2.20. The predicted molar refractivity (Wildman–Crippen MR) is 78.3 cm³/mol. The standard InChI is InChI=1S/C15H13NO4S/c1-9-11-3-2-4-12(15(11)20-21(17)16-9)10-5-6-13-14(7-10)19-8-18-13/h2-7,9,16H,8H2,1H3. The minimum absolute atomic E-state index is 0.0245. The van der Waals surface area contributed by atoms with E-state index in [-0.39, 0.29) is 12.8 Å². The highest BCUT2D eigenvalue weighted by molar-refractivity contribution is 7.78. The van der Waals surface area contributed by atoms with Crippen LogP contribution in [0.5, 0.6) is 17.2 Å². The van der Waals surface area contributed by atoms with Gasteiger partial charge < -0.3 is 13.7 Å². The smallest absolute Gasteiger partial charge is 0.288 e. The maximum Gasteiger partial charge on any atom is 0.288 e. The quantitative estimate of drug-likeness (QED) is 0.880. The zero-order chi connectivity index (χ0) is 14.4. The molecule has 0 aliphatic carbocycles. The van der Waals surface area contributed by atoms with Crippen molar-refractivity contribution >= 4 is 11.3 Å². The number of para-hydroxylation sites is 1. The SMILES string of the molecule is CC1NS(=O)Oc2c(-c3ccc4c(c3)OCO4)cccc21. The molecule has 2 aromatic rings. The van der Waals surface area contributed by atoms with Crippen molar-refractivity contribution in [3.8, 4) is 28.4 Å². The lowest BCUT2D eigenvalue weighted by molar-refractivity contribution is 0.174. The molecule has 2 heterocycles. The average molecular weight is 303 g/mol. The third kappa shape index (κ3) is 2.07. The normalized spacial score (nSPS) is 22.5. The van der Waals surface area contributed by atoms with Crippen LogP contribution in [0.25, 0.3) is 11.1 Å². The van der Waals surface area contributed by atoms with Crippen LogP contribution >= 0.6 is 0 Å². The van der Waals surface area contributed by atoms with Crippen LogP contribution < -0.4 is 18.4 Å². The molecular weight excluding hydrogens is 290 g/mol. The summed E-state index contributed by atoms with van der Waals surface area (Å²) in [5, 5.41) is 0. The van der Waals surface area contributed by atoms with Gasteiger partial charge in [-0.2, -0.15) is 8.93 Å². The molecule has 2 aliphatic rings. The molecule has 2 unspecified atom stereocenters. The largest absolute Gasteiger partial charge is 0.454 e. The van der Waals surface area contributed by atoms with Crippen molar-refractivity contribution in [3.05, 3.63) is 42.0 Å². The predicted octanol–water partition coefficient (Wildman–Crippen LogP) is 2.70. The second-order valence-corrected chi connectivity index (χ2v) is 5.82. The van der Waals surface area contributed by atoms with E-state index in [1.165, 1.54) is 0 Å². The molecular formula is C15H13NO4S. The number of nitrogens with one attached hydrogen (secondary N) is 1. The summed E-state index contributed by atoms with van der Waals surface area (Å²) in [4.78, 5) is 0. The van der Waals surface area contributed by atoms with Gasteiger partial charge in [-0.15, -0.1) is 0 Å². The average Bonchev–Trinajstić information content (AvgIpc) is 2.94. The Balaban J connectivity index is 1.86. The lowest BCUT2D eigenvalue weighted by atomic mass is 9.98. The molecule has 2 aromatic carbocycles. The van der Waals surface area contributed by atoms with Gasteiger partial charge in [0.05, 0.1) is 0 Å². The summed E-state index contributed by atoms with van der Waals surface area (Å²) in [7, 11) is 0. The van der Waals surface area contributed by atoms with E-state index in [0.717, 1.165) is 22.4 Å². The Hall–Kier alpha value is -2.05. The van der Waals surface area contributed by atoms with Crippen molar-refractivity contribution in [1.29, 1.82) is 0 Å². The van der Waals surface area contributed by atoms with E-state index in [2.05, 4.69) is 4.72 Å². The molecule has 6 heteroatoms. The molecule has 0 amide bonds. The Morgan fingerprint density at radius 1 is 1.19 bits per heavy atom. The summed E-state index contributed by atoms with van der Waals surface area (Å²) < 4.78 is 30.8. The lowest BCUT2D eigenvalue weighted by Crippen LogP contribution is -2.30. The molecule has 0 bridgehead atoms. The highest BCUT2D eigenvalue weighted by atomic mass is 32.2. The fourth-order valence-electron chi connectivity index (χ4n) is 2.59. The van der Waals surface area contributed by atoms with Crippen LogP contribution in [0.4, 0.5) is 0 Å². The Bertz CT molecular complexity index is 746. The number of benzene rings is 2. The first-order valence-corrected chi connectivity index (χ1v) is 7.69. The first-order chi connectivity index (χ1) is 10.2. The molecule has 108 valence electrons. The Kier molecular flexibility index (Phi) is 2.87. The molecule has 0 fully saturated rings. The molecule has 0 saturated carbocycles. The molecule has 5 nitrogen and oxygen atoms in total. The van der Waals surface area contributed by atoms with Crippen molar-refractivity contribution < 1.29 is 17.9 Å². The van der Waals surface area contributed by atoms with Gasteiger partial charge in [0.15, 0.2) is 17.2 Å². The number of rotatable bonds is 1. The van der Waals surface area contributed by atoms with Crippen LogP contribution in [0, 0.1) is 0 Å². The molecule has 1 N–H and O–H groups in total. The second kappa shape index (κ2) is 4.75. The van der Waals surface area contributed by atoms with E-state index in [1.807, 2.05) is 43.3 Å². The zero-order valence-corrected chi connectivity index (χ0v) is 12.1. The highest BCUT2D eigenvalue weighted by Crippen LogP contribution is 2.42. The van der Waals surface area contributed by atoms with Gasteiger partial charge >= 0.3 is 0 Å². The summed E-state index contributed by atoms with van der Waals surface area (Å²) in [6.07, 6.45) is 0. The molecule has 2 aliphatic heterocycles. The van der Waals surface area contributed by atoms with E-state index < -0.39 is 11.3 Å². The molecule has 0 spiro atoms. The first kappa shape index (κ1) is 12.7. The minimum atomic E-state index is -1.52. The maximum absolute atomic E-state index is 11.7. The number of fused-ring (bicyclic) bond motifs is 2. The van der Waals surface area contributed by atoms with E-state index in [0.29, 0.717) is 11.5 Å². The van der Waals surface area contributed by atoms with Gasteiger partial charge in [0.25, 0.3) is 11.3 Å². The van der Waals surface area contributed by atoms with Crippen molar-refractivity contribution in [2.45, 2.75) is 13.0 Å². The second-order valence-electron chi connectivity index (χ2n) is 4.95. The van der Waals surface area contributed by atoms with Crippen LogP contribution in [0.1, 0.15) is 18.5 Å². The van der Waals surface area contributed by atoms with Gasteiger partial charge in [-0.1, -0.05) is 24.3 Å². The number of hydrogen-bond donors (Lipinski definition) is 1. The van der Waals surface area contributed by atoms with Crippen molar-refractivity contribution in [2.75, 3.05) is 6.79 Å². The molecule has 21 heavy (non-hydrogen) atoms. The Morgan fingerprint density at radius 2 is 2.05 bits per heavy atom. The van der Waals surface area contributed by atoms with Crippen molar-refractivity contribution in [2.24, 2.45) is 0 Å². The maximum atomic E-state index is 11.7. The van der Waals surface area contributed by atoms with Crippen LogP contribution in [0.15, 0.2) is 36.4 Å². The summed E-state index contributed by atoms with van der Waals surface area (Å²) in [5.74, 6) is 2.11. The molecule has 0 saturated heterocycles. The van der Waals surface area contributed by atoms with E-state index in [9.17, 15) is 4.21 Å². The molecule has 2 atom stereocenters. The van der Waals surface area contributed by atoms with E-state index in [4.69, 9.17) is 13.7 Å². The fraction of sp³-hybridized carbons (Fsp3) is 0.200. The van der Waals surface area contributed by atoms with Crippen LogP contribution in [-0.4, -0.2) is 11.0 Å². The third-order valence-electron chi connectivity index (χ3n) is 3.63. The lowest BCUT2D eigenvalue weighted by Gasteiger charge is -2.24. The number of hydrogen-bond acceptors (Lipinski definition) is 4. The number of ether oxygens (including phenoxy) is 2. The first-order valence-electron chi connectivity index (χ1n) is 6.61. The van der Waals surface area contributed by atoms with Crippen LogP contribution in [0.3, 0.4) is 0 Å². The van der Waals surface area contributed by atoms with E-state index >= 15 is 0 Å². The molecule has 0 aromatic heterocycles. The molecule has 0 radical (unpaired) electrons. The fourth-order valence-corrected chi connectivity index (χ4v) is 3.39. The van der Waals surface area contributed by atoms with Crippen LogP contribution in [0.2, 0.25) is 0 Å². The van der Waals surface area contributed by atoms with Gasteiger partial charge in [-0.3, -0.25) is 0 Å². The monoisotopic (exact) mass is 303 g/mol. The molecule has 4 rings (SSSR count). The summed E-state index contributed by atoms with van der Waals surface area (Å²) >= 11 is -1.52. The third-order valence-corrected chi connectivity index (χ3v) is 4.49. The summed E-state index contributed by atoms with van der Waals surface area (Å²) in [6, 6.07) is 11.6. The van der Waals surface area contributed by atoms with Gasteiger partial charge in [0.2, 0.25) is 6.79 Å². The minimum Gasteiger partial charge on any atom is -0.454 e. The van der Waals surface area contributed by atoms with Gasteiger partial charge in [-0.25, -0.2) is 0 Å². The zero-order valence-electron chi connectivity index (χ0n) is 11.3. The van der Waals surface area contributed by atoms with Gasteiger partial charge in [-0.05, 0) is 24.6 Å².